The van der Waals surface area contributed by atoms with Crippen LogP contribution in [0.15, 0.2) is 30.3 Å². The third-order valence-electron chi connectivity index (χ3n) is 3.92. The zero-order chi connectivity index (χ0) is 17.4. The van der Waals surface area contributed by atoms with E-state index in [0.29, 0.717) is 26.2 Å². The number of carbonyl (C=O) groups excluding carboxylic acids is 2. The smallest absolute Gasteiger partial charge is 0.246 e. The van der Waals surface area contributed by atoms with E-state index in [-0.39, 0.29) is 18.2 Å². The van der Waals surface area contributed by atoms with Crippen molar-refractivity contribution in [3.8, 4) is 11.8 Å². The van der Waals surface area contributed by atoms with Gasteiger partial charge in [0.1, 0.15) is 12.2 Å². The lowest BCUT2D eigenvalue weighted by molar-refractivity contribution is -0.131. The summed E-state index contributed by atoms with van der Waals surface area (Å²) in [6.07, 6.45) is 3.93. The van der Waals surface area contributed by atoms with Gasteiger partial charge >= 0.3 is 0 Å². The van der Waals surface area contributed by atoms with Crippen LogP contribution in [-0.2, 0) is 9.59 Å². The third kappa shape index (κ3) is 4.85. The maximum Gasteiger partial charge on any atom is 0.246 e. The number of ether oxygens (including phenoxy) is 1. The van der Waals surface area contributed by atoms with Crippen LogP contribution in [0.1, 0.15) is 18.4 Å². The van der Waals surface area contributed by atoms with Gasteiger partial charge < -0.3 is 14.5 Å². The van der Waals surface area contributed by atoms with E-state index in [1.165, 1.54) is 0 Å². The molecule has 0 unspecified atom stereocenters. The molecule has 1 aromatic rings. The molecule has 2 rings (SSSR count). The summed E-state index contributed by atoms with van der Waals surface area (Å²) in [4.78, 5) is 27.5. The second-order valence-corrected chi connectivity index (χ2v) is 5.50. The van der Waals surface area contributed by atoms with Crippen LogP contribution in [0.2, 0.25) is 0 Å². The van der Waals surface area contributed by atoms with Crippen LogP contribution in [0.3, 0.4) is 0 Å². The van der Waals surface area contributed by atoms with Crippen molar-refractivity contribution in [2.24, 2.45) is 0 Å². The molecule has 2 amide bonds. The van der Waals surface area contributed by atoms with Crippen LogP contribution >= 0.6 is 0 Å². The summed E-state index contributed by atoms with van der Waals surface area (Å²) in [7, 11) is 1.61. The molecule has 1 aliphatic heterocycles. The highest BCUT2D eigenvalue weighted by Crippen LogP contribution is 2.13. The zero-order valence-corrected chi connectivity index (χ0v) is 13.8. The molecule has 126 valence electrons. The van der Waals surface area contributed by atoms with E-state index in [0.717, 1.165) is 17.7 Å². The Balaban J connectivity index is 1.91. The maximum atomic E-state index is 12.3. The number of methoxy groups -OCH3 is 1. The average Bonchev–Trinajstić information content (AvgIpc) is 2.86. The molecular formula is C18H21N3O3. The van der Waals surface area contributed by atoms with Crippen LogP contribution in [0.4, 0.5) is 0 Å². The van der Waals surface area contributed by atoms with E-state index in [4.69, 9.17) is 10.00 Å². The fourth-order valence-electron chi connectivity index (χ4n) is 2.55. The predicted molar refractivity (Wildman–Crippen MR) is 90.0 cm³/mol. The number of amides is 2. The lowest BCUT2D eigenvalue weighted by atomic mass is 10.2. The molecule has 24 heavy (non-hydrogen) atoms. The van der Waals surface area contributed by atoms with Gasteiger partial charge in [0.25, 0.3) is 0 Å². The Bertz CT molecular complexity index is 646. The Kier molecular flexibility index (Phi) is 6.38. The Morgan fingerprint density at radius 1 is 1.17 bits per heavy atom. The topological polar surface area (TPSA) is 73.6 Å². The second-order valence-electron chi connectivity index (χ2n) is 5.50. The minimum atomic E-state index is -0.166. The minimum Gasteiger partial charge on any atom is -0.497 e. The van der Waals surface area contributed by atoms with Crippen molar-refractivity contribution < 1.29 is 14.3 Å². The number of nitriles is 1. The molecule has 0 spiro atoms. The highest BCUT2D eigenvalue weighted by Gasteiger charge is 2.20. The average molecular weight is 327 g/mol. The zero-order valence-electron chi connectivity index (χ0n) is 13.8. The highest BCUT2D eigenvalue weighted by atomic mass is 16.5. The van der Waals surface area contributed by atoms with Crippen LogP contribution in [0, 0.1) is 11.3 Å². The molecule has 0 atom stereocenters. The van der Waals surface area contributed by atoms with Crippen LogP contribution < -0.4 is 4.74 Å². The number of hydrogen-bond donors (Lipinski definition) is 0. The Labute approximate surface area is 141 Å². The standard InChI is InChI=1S/C18H21N3O3/c1-24-16-6-3-15(4-7-16)5-8-17(22)20-11-2-12-21(14-13-20)18(23)9-10-19/h3-8H,2,9,11-14H2,1H3/b8-5+. The first-order valence-corrected chi connectivity index (χ1v) is 7.90. The van der Waals surface area contributed by atoms with Gasteiger partial charge in [-0.15, -0.1) is 0 Å². The van der Waals surface area contributed by atoms with Gasteiger partial charge in [-0.25, -0.2) is 0 Å². The van der Waals surface area contributed by atoms with Gasteiger partial charge in [0.05, 0.1) is 13.2 Å². The Morgan fingerprint density at radius 3 is 2.50 bits per heavy atom. The van der Waals surface area contributed by atoms with Crippen molar-refractivity contribution in [1.29, 1.82) is 5.26 Å². The molecular weight excluding hydrogens is 306 g/mol. The van der Waals surface area contributed by atoms with E-state index < -0.39 is 0 Å². The van der Waals surface area contributed by atoms with E-state index >= 15 is 0 Å². The normalized spacial score (nSPS) is 15.0. The largest absolute Gasteiger partial charge is 0.497 e. The van der Waals surface area contributed by atoms with E-state index in [1.54, 1.807) is 29.1 Å². The van der Waals surface area contributed by atoms with Crippen molar-refractivity contribution in [2.45, 2.75) is 12.8 Å². The molecule has 0 aliphatic carbocycles. The molecule has 1 aliphatic rings. The first-order valence-electron chi connectivity index (χ1n) is 7.90. The molecule has 0 bridgehead atoms. The van der Waals surface area contributed by atoms with Gasteiger partial charge in [0.2, 0.25) is 11.8 Å². The van der Waals surface area contributed by atoms with Crippen molar-refractivity contribution in [2.75, 3.05) is 33.3 Å². The first-order chi connectivity index (χ1) is 11.6. The molecule has 1 fully saturated rings. The second kappa shape index (κ2) is 8.73. The highest BCUT2D eigenvalue weighted by molar-refractivity contribution is 5.91. The number of benzene rings is 1. The molecule has 0 N–H and O–H groups in total. The Morgan fingerprint density at radius 2 is 1.83 bits per heavy atom. The fourth-order valence-corrected chi connectivity index (χ4v) is 2.55. The lowest BCUT2D eigenvalue weighted by Crippen LogP contribution is -2.36. The van der Waals surface area contributed by atoms with E-state index in [2.05, 4.69) is 0 Å². The third-order valence-corrected chi connectivity index (χ3v) is 3.92. The van der Waals surface area contributed by atoms with Crippen LogP contribution in [0.5, 0.6) is 5.75 Å². The summed E-state index contributed by atoms with van der Waals surface area (Å²) in [6.45, 7) is 2.17. The first kappa shape index (κ1) is 17.5. The summed E-state index contributed by atoms with van der Waals surface area (Å²) in [5.74, 6) is 0.536. The minimum absolute atomic E-state index is 0.0691. The summed E-state index contributed by atoms with van der Waals surface area (Å²) in [6, 6.07) is 9.32. The van der Waals surface area contributed by atoms with Crippen LogP contribution in [0.25, 0.3) is 6.08 Å². The van der Waals surface area contributed by atoms with Gasteiger partial charge in [0.15, 0.2) is 0 Å². The van der Waals surface area contributed by atoms with Crippen molar-refractivity contribution >= 4 is 17.9 Å². The predicted octanol–water partition coefficient (Wildman–Crippen LogP) is 1.68. The maximum absolute atomic E-state index is 12.3. The Hall–Kier alpha value is -2.81. The monoisotopic (exact) mass is 327 g/mol. The summed E-state index contributed by atoms with van der Waals surface area (Å²) < 4.78 is 5.10. The van der Waals surface area contributed by atoms with Crippen molar-refractivity contribution in [1.82, 2.24) is 9.80 Å². The molecule has 0 aromatic heterocycles. The number of carbonyl (C=O) groups is 2. The van der Waals surface area contributed by atoms with Crippen LogP contribution in [-0.4, -0.2) is 54.9 Å². The summed E-state index contributed by atoms with van der Waals surface area (Å²) in [5.41, 5.74) is 0.921. The SMILES string of the molecule is COc1ccc(/C=C/C(=O)N2CCCN(C(=O)CC#N)CC2)cc1. The molecule has 6 nitrogen and oxygen atoms in total. The van der Waals surface area contributed by atoms with Gasteiger partial charge in [-0.1, -0.05) is 12.1 Å². The van der Waals surface area contributed by atoms with Gasteiger partial charge in [-0.3, -0.25) is 9.59 Å². The summed E-state index contributed by atoms with van der Waals surface area (Å²) >= 11 is 0. The number of rotatable bonds is 4. The van der Waals surface area contributed by atoms with Gasteiger partial charge in [0, 0.05) is 32.3 Å². The van der Waals surface area contributed by atoms with Gasteiger partial charge in [-0.05, 0) is 30.2 Å². The lowest BCUT2D eigenvalue weighted by Gasteiger charge is -2.20. The van der Waals surface area contributed by atoms with Crippen molar-refractivity contribution in [3.63, 3.8) is 0 Å². The number of nitrogens with zero attached hydrogens (tertiary/aromatic N) is 3. The molecule has 0 saturated carbocycles. The van der Waals surface area contributed by atoms with Crippen molar-refractivity contribution in [3.05, 3.63) is 35.9 Å². The van der Waals surface area contributed by atoms with E-state index in [1.807, 2.05) is 30.3 Å². The molecule has 1 saturated heterocycles. The fraction of sp³-hybridized carbons (Fsp3) is 0.389. The molecule has 0 radical (unpaired) electrons. The quantitative estimate of drug-likeness (QED) is 0.789. The van der Waals surface area contributed by atoms with Gasteiger partial charge in [-0.2, -0.15) is 5.26 Å². The molecule has 1 heterocycles. The molecule has 1 aromatic carbocycles. The summed E-state index contributed by atoms with van der Waals surface area (Å²) in [5, 5.41) is 8.61. The number of hydrogen-bond acceptors (Lipinski definition) is 4. The molecule has 6 heteroatoms. The van der Waals surface area contributed by atoms with E-state index in [9.17, 15) is 9.59 Å².